The number of nitrogens with zero attached hydrogens (tertiary/aromatic N) is 3. The molecule has 150 valence electrons. The van der Waals surface area contributed by atoms with Crippen LogP contribution in [-0.2, 0) is 10.3 Å². The monoisotopic (exact) mass is 520 g/mol. The standard InChI is InChI=1S/C18H19F2IN4O2S/c19-18(20)4-1-11(2-5-18)14(22-15(26)12-3-8-28-10-12)13-9-25(24-23-13)17(6-7-17)16(21)27/h3,8-11,14H,1-2,4-7H2,(H,22,26)/t14-/m0/s1. The first-order valence-corrected chi connectivity index (χ1v) is 11.2. The average molecular weight is 520 g/mol. The highest BCUT2D eigenvalue weighted by molar-refractivity contribution is 14.1. The number of thiophene rings is 1. The maximum absolute atomic E-state index is 13.6. The molecule has 2 aromatic heterocycles. The molecule has 0 bridgehead atoms. The maximum Gasteiger partial charge on any atom is 0.252 e. The van der Waals surface area contributed by atoms with Crippen molar-refractivity contribution in [1.29, 1.82) is 0 Å². The summed E-state index contributed by atoms with van der Waals surface area (Å²) in [5, 5.41) is 14.9. The summed E-state index contributed by atoms with van der Waals surface area (Å²) in [5.74, 6) is -3.07. The van der Waals surface area contributed by atoms with Gasteiger partial charge in [-0.2, -0.15) is 11.3 Å². The van der Waals surface area contributed by atoms with Crippen molar-refractivity contribution >= 4 is 43.6 Å². The highest BCUT2D eigenvalue weighted by atomic mass is 127. The molecule has 2 heterocycles. The molecule has 2 aliphatic rings. The van der Waals surface area contributed by atoms with Gasteiger partial charge in [0, 0.05) is 40.8 Å². The number of alkyl halides is 2. The van der Waals surface area contributed by atoms with Gasteiger partial charge in [0.1, 0.15) is 11.2 Å². The van der Waals surface area contributed by atoms with E-state index in [2.05, 4.69) is 15.6 Å². The molecule has 0 radical (unpaired) electrons. The summed E-state index contributed by atoms with van der Waals surface area (Å²) in [7, 11) is 0. The Kier molecular flexibility index (Phi) is 5.27. The number of rotatable bonds is 6. The molecule has 2 fully saturated rings. The number of hydrogen-bond donors (Lipinski definition) is 1. The highest BCUT2D eigenvalue weighted by Gasteiger charge is 2.52. The Balaban J connectivity index is 1.59. The van der Waals surface area contributed by atoms with E-state index in [-0.39, 0.29) is 28.5 Å². The minimum Gasteiger partial charge on any atom is -0.343 e. The average Bonchev–Trinajstić information content (AvgIpc) is 3.08. The lowest BCUT2D eigenvalue weighted by molar-refractivity contribution is -0.113. The SMILES string of the molecule is O=C(N[C@H](c1cn(C2(C(=O)I)CC2)nn1)C1CCC(F)(F)CC1)c1ccsc1. The Bertz CT molecular complexity index is 872. The van der Waals surface area contributed by atoms with Crippen molar-refractivity contribution in [3.05, 3.63) is 34.3 Å². The molecule has 0 unspecified atom stereocenters. The van der Waals surface area contributed by atoms with Crippen LogP contribution < -0.4 is 5.32 Å². The second kappa shape index (κ2) is 7.43. The predicted molar refractivity (Wildman–Crippen MR) is 108 cm³/mol. The van der Waals surface area contributed by atoms with E-state index in [4.69, 9.17) is 0 Å². The van der Waals surface area contributed by atoms with Crippen molar-refractivity contribution in [3.63, 3.8) is 0 Å². The number of hydrogen-bond acceptors (Lipinski definition) is 5. The van der Waals surface area contributed by atoms with Crippen LogP contribution in [0.5, 0.6) is 0 Å². The Hall–Kier alpha value is -1.43. The fraction of sp³-hybridized carbons (Fsp3) is 0.556. The summed E-state index contributed by atoms with van der Waals surface area (Å²) in [6.45, 7) is 0. The van der Waals surface area contributed by atoms with Gasteiger partial charge in [0.15, 0.2) is 0 Å². The van der Waals surface area contributed by atoms with Gasteiger partial charge in [0.05, 0.1) is 17.8 Å². The molecule has 4 rings (SSSR count). The summed E-state index contributed by atoms with van der Waals surface area (Å²) in [6, 6.07) is 1.20. The second-order valence-corrected chi connectivity index (χ2v) is 9.31. The molecule has 2 aromatic rings. The highest BCUT2D eigenvalue weighted by Crippen LogP contribution is 2.46. The molecule has 1 amide bonds. The lowest BCUT2D eigenvalue weighted by Gasteiger charge is -2.33. The van der Waals surface area contributed by atoms with Crippen LogP contribution in [0.25, 0.3) is 0 Å². The van der Waals surface area contributed by atoms with E-state index >= 15 is 0 Å². The van der Waals surface area contributed by atoms with Crippen LogP contribution in [0.1, 0.15) is 60.6 Å². The molecule has 1 atom stereocenters. The second-order valence-electron chi connectivity index (χ2n) is 7.55. The van der Waals surface area contributed by atoms with Crippen LogP contribution in [0.15, 0.2) is 23.0 Å². The zero-order valence-electron chi connectivity index (χ0n) is 14.9. The van der Waals surface area contributed by atoms with Gasteiger partial charge in [-0.1, -0.05) is 5.21 Å². The quantitative estimate of drug-likeness (QED) is 0.460. The van der Waals surface area contributed by atoms with Gasteiger partial charge in [0.2, 0.25) is 9.71 Å². The van der Waals surface area contributed by atoms with Crippen molar-refractivity contribution in [2.75, 3.05) is 0 Å². The lowest BCUT2D eigenvalue weighted by atomic mass is 9.81. The van der Waals surface area contributed by atoms with Crippen LogP contribution in [-0.4, -0.2) is 30.6 Å². The maximum atomic E-state index is 13.6. The van der Waals surface area contributed by atoms with E-state index in [1.54, 1.807) is 44.9 Å². The van der Waals surface area contributed by atoms with Crippen LogP contribution in [0.4, 0.5) is 8.78 Å². The van der Waals surface area contributed by atoms with Gasteiger partial charge in [-0.15, -0.1) is 5.10 Å². The Morgan fingerprint density at radius 1 is 1.29 bits per heavy atom. The summed E-state index contributed by atoms with van der Waals surface area (Å²) < 4.78 is 28.8. The number of carbonyl (C=O) groups is 2. The lowest BCUT2D eigenvalue weighted by Crippen LogP contribution is -2.37. The van der Waals surface area contributed by atoms with E-state index in [9.17, 15) is 18.4 Å². The van der Waals surface area contributed by atoms with Crippen LogP contribution in [0.3, 0.4) is 0 Å². The first-order chi connectivity index (χ1) is 13.3. The number of nitrogens with one attached hydrogen (secondary N) is 1. The molecular weight excluding hydrogens is 501 g/mol. The molecule has 2 saturated carbocycles. The minimum atomic E-state index is -2.65. The summed E-state index contributed by atoms with van der Waals surface area (Å²) in [5.41, 5.74) is 0.403. The zero-order chi connectivity index (χ0) is 19.9. The van der Waals surface area contributed by atoms with Crippen LogP contribution in [0, 0.1) is 5.92 Å². The first-order valence-electron chi connectivity index (χ1n) is 9.14. The minimum absolute atomic E-state index is 0.00211. The Labute approximate surface area is 178 Å². The third-order valence-electron chi connectivity index (χ3n) is 5.66. The van der Waals surface area contributed by atoms with Crippen molar-refractivity contribution in [2.45, 2.75) is 56.0 Å². The van der Waals surface area contributed by atoms with Gasteiger partial charge < -0.3 is 5.32 Å². The third-order valence-corrected chi connectivity index (χ3v) is 7.35. The first kappa shape index (κ1) is 19.9. The van der Waals surface area contributed by atoms with E-state index in [1.165, 1.54) is 11.3 Å². The van der Waals surface area contributed by atoms with E-state index in [1.807, 2.05) is 5.38 Å². The van der Waals surface area contributed by atoms with Crippen molar-refractivity contribution in [2.24, 2.45) is 5.92 Å². The largest absolute Gasteiger partial charge is 0.343 e. The predicted octanol–water partition coefficient (Wildman–Crippen LogP) is 4.09. The molecule has 10 heteroatoms. The summed E-state index contributed by atoms with van der Waals surface area (Å²) in [4.78, 5) is 24.6. The molecule has 28 heavy (non-hydrogen) atoms. The van der Waals surface area contributed by atoms with Gasteiger partial charge in [0.25, 0.3) is 5.91 Å². The van der Waals surface area contributed by atoms with Crippen molar-refractivity contribution in [1.82, 2.24) is 20.3 Å². The van der Waals surface area contributed by atoms with Gasteiger partial charge in [-0.3, -0.25) is 9.59 Å². The van der Waals surface area contributed by atoms with Gasteiger partial charge in [-0.05, 0) is 43.0 Å². The van der Waals surface area contributed by atoms with Crippen LogP contribution in [0.2, 0.25) is 0 Å². The smallest absolute Gasteiger partial charge is 0.252 e. The zero-order valence-corrected chi connectivity index (χ0v) is 17.9. The van der Waals surface area contributed by atoms with Crippen molar-refractivity contribution < 1.29 is 18.4 Å². The molecule has 2 aliphatic carbocycles. The fourth-order valence-electron chi connectivity index (χ4n) is 3.71. The third kappa shape index (κ3) is 3.85. The summed E-state index contributed by atoms with van der Waals surface area (Å²) in [6.07, 6.45) is 3.29. The fourth-order valence-corrected chi connectivity index (χ4v) is 5.13. The molecule has 0 spiro atoms. The summed E-state index contributed by atoms with van der Waals surface area (Å²) >= 11 is 3.19. The number of aromatic nitrogens is 3. The molecule has 1 N–H and O–H groups in total. The molecule has 0 aliphatic heterocycles. The topological polar surface area (TPSA) is 76.9 Å². The normalized spacial score (nSPS) is 21.8. The van der Waals surface area contributed by atoms with Crippen LogP contribution >= 0.6 is 33.9 Å². The van der Waals surface area contributed by atoms with Crippen molar-refractivity contribution in [3.8, 4) is 0 Å². The van der Waals surface area contributed by atoms with E-state index in [0.29, 0.717) is 36.9 Å². The number of halogens is 3. The number of amides is 1. The van der Waals surface area contributed by atoms with Gasteiger partial charge in [-0.25, -0.2) is 13.5 Å². The molecule has 0 aromatic carbocycles. The Morgan fingerprint density at radius 2 is 2.00 bits per heavy atom. The number of carbonyl (C=O) groups excluding carboxylic acids is 2. The molecule has 0 saturated heterocycles. The Morgan fingerprint density at radius 3 is 2.57 bits per heavy atom. The molecule has 6 nitrogen and oxygen atoms in total. The van der Waals surface area contributed by atoms with E-state index in [0.717, 1.165) is 0 Å². The van der Waals surface area contributed by atoms with E-state index < -0.39 is 17.5 Å². The van der Waals surface area contributed by atoms with Gasteiger partial charge >= 0.3 is 0 Å². The molecular formula is C18H19F2IN4O2S.